The van der Waals surface area contributed by atoms with E-state index in [2.05, 4.69) is 17.6 Å². The smallest absolute Gasteiger partial charge is 0.233 e. The van der Waals surface area contributed by atoms with E-state index in [-0.39, 0.29) is 5.91 Å². The minimum Gasteiger partial charge on any atom is -0.355 e. The van der Waals surface area contributed by atoms with Crippen molar-refractivity contribution in [1.82, 2.24) is 10.6 Å². The first-order valence-corrected chi connectivity index (χ1v) is 6.26. The highest BCUT2D eigenvalue weighted by atomic mass is 16.1. The predicted molar refractivity (Wildman–Crippen MR) is 62.7 cm³/mol. The van der Waals surface area contributed by atoms with Crippen molar-refractivity contribution in [2.24, 2.45) is 5.92 Å². The Bertz CT molecular complexity index is 194. The van der Waals surface area contributed by atoms with Gasteiger partial charge in [-0.1, -0.05) is 26.2 Å². The molecule has 15 heavy (non-hydrogen) atoms. The van der Waals surface area contributed by atoms with Crippen LogP contribution < -0.4 is 10.6 Å². The molecule has 0 radical (unpaired) electrons. The maximum atomic E-state index is 11.3. The molecule has 1 aliphatic carbocycles. The Morgan fingerprint density at radius 2 is 2.13 bits per heavy atom. The van der Waals surface area contributed by atoms with Crippen LogP contribution in [0.4, 0.5) is 0 Å². The van der Waals surface area contributed by atoms with Gasteiger partial charge in [-0.05, 0) is 25.7 Å². The number of likely N-dealkylation sites (N-methyl/N-ethyl adjacent to an activating group) is 1. The summed E-state index contributed by atoms with van der Waals surface area (Å²) in [5, 5.41) is 6.17. The van der Waals surface area contributed by atoms with Crippen LogP contribution >= 0.6 is 0 Å². The van der Waals surface area contributed by atoms with Gasteiger partial charge in [-0.15, -0.1) is 0 Å². The molecule has 1 aliphatic rings. The van der Waals surface area contributed by atoms with E-state index in [0.29, 0.717) is 12.6 Å². The third-order valence-electron chi connectivity index (χ3n) is 3.29. The van der Waals surface area contributed by atoms with Crippen LogP contribution in [-0.2, 0) is 4.79 Å². The lowest BCUT2D eigenvalue weighted by Gasteiger charge is -2.29. The summed E-state index contributed by atoms with van der Waals surface area (Å²) in [5.74, 6) is 0.988. The van der Waals surface area contributed by atoms with Gasteiger partial charge in [-0.2, -0.15) is 0 Å². The first kappa shape index (κ1) is 12.5. The van der Waals surface area contributed by atoms with Crippen LogP contribution in [0.5, 0.6) is 0 Å². The van der Waals surface area contributed by atoms with Crippen LogP contribution in [0.15, 0.2) is 0 Å². The quantitative estimate of drug-likeness (QED) is 0.728. The molecule has 3 heteroatoms. The summed E-state index contributed by atoms with van der Waals surface area (Å²) in [5.41, 5.74) is 0. The van der Waals surface area contributed by atoms with Crippen molar-refractivity contribution in [3.05, 3.63) is 0 Å². The lowest BCUT2D eigenvalue weighted by molar-refractivity contribution is -0.120. The summed E-state index contributed by atoms with van der Waals surface area (Å²) < 4.78 is 0. The highest BCUT2D eigenvalue weighted by Crippen LogP contribution is 2.26. The Hall–Kier alpha value is -0.570. The number of rotatable bonds is 5. The second kappa shape index (κ2) is 6.83. The fourth-order valence-electron chi connectivity index (χ4n) is 2.34. The molecule has 0 aromatic rings. The van der Waals surface area contributed by atoms with E-state index in [1.165, 1.54) is 32.1 Å². The first-order valence-electron chi connectivity index (χ1n) is 6.26. The third-order valence-corrected chi connectivity index (χ3v) is 3.29. The molecule has 0 heterocycles. The van der Waals surface area contributed by atoms with E-state index in [9.17, 15) is 4.79 Å². The molecule has 1 amide bonds. The zero-order chi connectivity index (χ0) is 11.1. The zero-order valence-corrected chi connectivity index (χ0v) is 10.0. The van der Waals surface area contributed by atoms with Gasteiger partial charge in [0.25, 0.3) is 0 Å². The van der Waals surface area contributed by atoms with Crippen LogP contribution in [0.1, 0.15) is 46.0 Å². The molecule has 0 saturated heterocycles. The molecule has 0 spiro atoms. The number of hydrogen-bond acceptors (Lipinski definition) is 2. The molecule has 88 valence electrons. The maximum Gasteiger partial charge on any atom is 0.233 e. The molecule has 3 nitrogen and oxygen atoms in total. The lowest BCUT2D eigenvalue weighted by Crippen LogP contribution is -2.41. The Morgan fingerprint density at radius 1 is 1.33 bits per heavy atom. The number of amides is 1. The summed E-state index contributed by atoms with van der Waals surface area (Å²) in [6.07, 6.45) is 6.44. The van der Waals surface area contributed by atoms with Gasteiger partial charge in [0.15, 0.2) is 0 Å². The van der Waals surface area contributed by atoms with E-state index in [1.54, 1.807) is 0 Å². The third kappa shape index (κ3) is 4.65. The summed E-state index contributed by atoms with van der Waals surface area (Å²) in [6, 6.07) is 0.561. The molecule has 1 saturated carbocycles. The average Bonchev–Trinajstić information content (AvgIpc) is 2.27. The second-order valence-electron chi connectivity index (χ2n) is 4.47. The van der Waals surface area contributed by atoms with Gasteiger partial charge in [0, 0.05) is 12.6 Å². The van der Waals surface area contributed by atoms with Gasteiger partial charge >= 0.3 is 0 Å². The van der Waals surface area contributed by atoms with Crippen molar-refractivity contribution in [2.75, 3.05) is 13.1 Å². The van der Waals surface area contributed by atoms with Gasteiger partial charge in [0.2, 0.25) is 5.91 Å². The summed E-state index contributed by atoms with van der Waals surface area (Å²) in [4.78, 5) is 11.3. The highest BCUT2D eigenvalue weighted by Gasteiger charge is 2.20. The predicted octanol–water partition coefficient (Wildman–Crippen LogP) is 1.68. The number of carbonyl (C=O) groups is 1. The molecule has 1 rings (SSSR count). The lowest BCUT2D eigenvalue weighted by atomic mass is 9.84. The van der Waals surface area contributed by atoms with E-state index in [1.807, 2.05) is 6.92 Å². The van der Waals surface area contributed by atoms with Crippen molar-refractivity contribution in [1.29, 1.82) is 0 Å². The van der Waals surface area contributed by atoms with Gasteiger partial charge in [-0.25, -0.2) is 0 Å². The molecule has 2 N–H and O–H groups in total. The van der Waals surface area contributed by atoms with Crippen molar-refractivity contribution >= 4 is 5.91 Å². The van der Waals surface area contributed by atoms with Gasteiger partial charge in [0.05, 0.1) is 6.54 Å². The van der Waals surface area contributed by atoms with Crippen LogP contribution in [0.3, 0.4) is 0 Å². The Morgan fingerprint density at radius 3 is 2.80 bits per heavy atom. The van der Waals surface area contributed by atoms with Crippen LogP contribution in [0.25, 0.3) is 0 Å². The van der Waals surface area contributed by atoms with E-state index in [4.69, 9.17) is 0 Å². The van der Waals surface area contributed by atoms with Crippen LogP contribution in [0, 0.1) is 5.92 Å². The molecule has 2 unspecified atom stereocenters. The maximum absolute atomic E-state index is 11.3. The zero-order valence-electron chi connectivity index (χ0n) is 10.0. The van der Waals surface area contributed by atoms with Crippen LogP contribution in [-0.4, -0.2) is 25.0 Å². The first-order chi connectivity index (χ1) is 7.26. The average molecular weight is 212 g/mol. The minimum absolute atomic E-state index is 0.121. The Labute approximate surface area is 93.0 Å². The molecule has 1 fully saturated rings. The SMILES string of the molecule is CCNC(=O)CNC1CCCC(CC)C1. The normalized spacial score (nSPS) is 26.3. The summed E-state index contributed by atoms with van der Waals surface area (Å²) in [7, 11) is 0. The molecular weight excluding hydrogens is 188 g/mol. The standard InChI is InChI=1S/C12H24N2O/c1-3-10-6-5-7-11(8-10)14-9-12(15)13-4-2/h10-11,14H,3-9H2,1-2H3,(H,13,15). The van der Waals surface area contributed by atoms with Gasteiger partial charge < -0.3 is 10.6 Å². The molecular formula is C12H24N2O. The van der Waals surface area contributed by atoms with Crippen molar-refractivity contribution in [3.63, 3.8) is 0 Å². The highest BCUT2D eigenvalue weighted by molar-refractivity contribution is 5.77. The van der Waals surface area contributed by atoms with Gasteiger partial charge in [-0.3, -0.25) is 4.79 Å². The second-order valence-corrected chi connectivity index (χ2v) is 4.47. The molecule has 0 aliphatic heterocycles. The summed E-state index contributed by atoms with van der Waals surface area (Å²) in [6.45, 7) is 5.42. The molecule has 0 aromatic heterocycles. The van der Waals surface area contributed by atoms with Crippen molar-refractivity contribution < 1.29 is 4.79 Å². The Kier molecular flexibility index (Phi) is 5.69. The van der Waals surface area contributed by atoms with Crippen LogP contribution in [0.2, 0.25) is 0 Å². The van der Waals surface area contributed by atoms with E-state index in [0.717, 1.165) is 12.5 Å². The van der Waals surface area contributed by atoms with Crippen molar-refractivity contribution in [3.8, 4) is 0 Å². The number of nitrogens with one attached hydrogen (secondary N) is 2. The topological polar surface area (TPSA) is 41.1 Å². The monoisotopic (exact) mass is 212 g/mol. The van der Waals surface area contributed by atoms with Crippen molar-refractivity contribution in [2.45, 2.75) is 52.0 Å². The minimum atomic E-state index is 0.121. The largest absolute Gasteiger partial charge is 0.355 e. The Balaban J connectivity index is 2.17. The fourth-order valence-corrected chi connectivity index (χ4v) is 2.34. The molecule has 0 aromatic carbocycles. The fraction of sp³-hybridized carbons (Fsp3) is 0.917. The van der Waals surface area contributed by atoms with E-state index >= 15 is 0 Å². The molecule has 2 atom stereocenters. The summed E-state index contributed by atoms with van der Waals surface area (Å²) >= 11 is 0. The number of carbonyl (C=O) groups excluding carboxylic acids is 1. The number of hydrogen-bond donors (Lipinski definition) is 2. The van der Waals surface area contributed by atoms with Gasteiger partial charge in [0.1, 0.15) is 0 Å². The molecule has 0 bridgehead atoms. The van der Waals surface area contributed by atoms with E-state index < -0.39 is 0 Å².